The van der Waals surface area contributed by atoms with Gasteiger partial charge in [-0.25, -0.2) is 9.97 Å². The van der Waals surface area contributed by atoms with E-state index in [1.807, 2.05) is 12.1 Å². The molecule has 2 aromatic rings. The lowest BCUT2D eigenvalue weighted by Gasteiger charge is -2.04. The Kier molecular flexibility index (Phi) is 3.40. The van der Waals surface area contributed by atoms with Gasteiger partial charge in [0.15, 0.2) is 0 Å². The monoisotopic (exact) mass is 228 g/mol. The zero-order chi connectivity index (χ0) is 12.1. The van der Waals surface area contributed by atoms with Crippen molar-refractivity contribution >= 4 is 11.9 Å². The van der Waals surface area contributed by atoms with E-state index >= 15 is 0 Å². The van der Waals surface area contributed by atoms with Gasteiger partial charge in [-0.1, -0.05) is 6.92 Å². The summed E-state index contributed by atoms with van der Waals surface area (Å²) in [6.07, 6.45) is 5.43. The van der Waals surface area contributed by atoms with Gasteiger partial charge in [0, 0.05) is 30.6 Å². The number of carbonyl (C=O) groups excluding carboxylic acids is 1. The maximum absolute atomic E-state index is 11.2. The van der Waals surface area contributed by atoms with Crippen molar-refractivity contribution < 1.29 is 4.79 Å². The molecule has 0 aromatic carbocycles. The number of carbonyl (C=O) groups is 1. The molecule has 1 N–H and O–H groups in total. The lowest BCUT2D eigenvalue weighted by Crippen LogP contribution is -2.12. The molecule has 2 rings (SSSR count). The van der Waals surface area contributed by atoms with Gasteiger partial charge in [0.2, 0.25) is 11.9 Å². The number of aromatic nitrogens is 3. The minimum atomic E-state index is -0.103. The molecule has 0 unspecified atom stereocenters. The molecule has 0 bridgehead atoms. The van der Waals surface area contributed by atoms with Gasteiger partial charge >= 0.3 is 0 Å². The highest BCUT2D eigenvalue weighted by Crippen LogP contribution is 2.15. The molecule has 86 valence electrons. The van der Waals surface area contributed by atoms with E-state index in [4.69, 9.17) is 0 Å². The molecular weight excluding hydrogens is 216 g/mol. The molecule has 0 spiro atoms. The SMILES string of the molecule is CCC(=O)Nc1nccc(-c2cccnc2)n1. The number of amides is 1. The molecule has 5 heteroatoms. The number of nitrogens with zero attached hydrogens (tertiary/aromatic N) is 3. The third kappa shape index (κ3) is 2.84. The Morgan fingerprint density at radius 1 is 1.35 bits per heavy atom. The first kappa shape index (κ1) is 11.2. The molecular formula is C12H12N4O. The van der Waals surface area contributed by atoms with Crippen LogP contribution in [0.3, 0.4) is 0 Å². The largest absolute Gasteiger partial charge is 0.295 e. The number of pyridine rings is 1. The van der Waals surface area contributed by atoms with E-state index < -0.39 is 0 Å². The second-order valence-electron chi connectivity index (χ2n) is 3.41. The van der Waals surface area contributed by atoms with Gasteiger partial charge in [-0.15, -0.1) is 0 Å². The summed E-state index contributed by atoms with van der Waals surface area (Å²) >= 11 is 0. The van der Waals surface area contributed by atoms with E-state index in [0.717, 1.165) is 11.3 Å². The molecule has 2 heterocycles. The van der Waals surface area contributed by atoms with Crippen molar-refractivity contribution in [3.05, 3.63) is 36.8 Å². The first-order chi connectivity index (χ1) is 8.29. The van der Waals surface area contributed by atoms with Gasteiger partial charge in [-0.2, -0.15) is 0 Å². The fraction of sp³-hybridized carbons (Fsp3) is 0.167. The van der Waals surface area contributed by atoms with Gasteiger partial charge in [0.25, 0.3) is 0 Å². The summed E-state index contributed by atoms with van der Waals surface area (Å²) in [5.41, 5.74) is 1.63. The highest BCUT2D eigenvalue weighted by molar-refractivity contribution is 5.88. The van der Waals surface area contributed by atoms with Crippen molar-refractivity contribution in [2.75, 3.05) is 5.32 Å². The van der Waals surface area contributed by atoms with E-state index in [1.165, 1.54) is 0 Å². The summed E-state index contributed by atoms with van der Waals surface area (Å²) in [6.45, 7) is 1.78. The van der Waals surface area contributed by atoms with E-state index in [1.54, 1.807) is 31.6 Å². The van der Waals surface area contributed by atoms with Gasteiger partial charge in [0.1, 0.15) is 0 Å². The van der Waals surface area contributed by atoms with Crippen LogP contribution in [0.25, 0.3) is 11.3 Å². The Labute approximate surface area is 99.0 Å². The van der Waals surface area contributed by atoms with E-state index in [0.29, 0.717) is 12.4 Å². The average molecular weight is 228 g/mol. The predicted molar refractivity (Wildman–Crippen MR) is 64.2 cm³/mol. The first-order valence-electron chi connectivity index (χ1n) is 5.33. The molecule has 0 aliphatic heterocycles. The minimum Gasteiger partial charge on any atom is -0.295 e. The first-order valence-corrected chi connectivity index (χ1v) is 5.33. The van der Waals surface area contributed by atoms with Crippen LogP contribution in [-0.2, 0) is 4.79 Å². The van der Waals surface area contributed by atoms with Crippen LogP contribution in [0.1, 0.15) is 13.3 Å². The molecule has 0 fully saturated rings. The van der Waals surface area contributed by atoms with Crippen LogP contribution < -0.4 is 5.32 Å². The van der Waals surface area contributed by atoms with Crippen molar-refractivity contribution in [2.45, 2.75) is 13.3 Å². The van der Waals surface area contributed by atoms with Crippen molar-refractivity contribution in [3.63, 3.8) is 0 Å². The Hall–Kier alpha value is -2.30. The summed E-state index contributed by atoms with van der Waals surface area (Å²) in [4.78, 5) is 23.5. The van der Waals surface area contributed by atoms with Crippen molar-refractivity contribution in [2.24, 2.45) is 0 Å². The Morgan fingerprint density at radius 2 is 2.24 bits per heavy atom. The summed E-state index contributed by atoms with van der Waals surface area (Å²) < 4.78 is 0. The fourth-order valence-corrected chi connectivity index (χ4v) is 1.31. The third-order valence-electron chi connectivity index (χ3n) is 2.19. The van der Waals surface area contributed by atoms with Crippen LogP contribution in [0.4, 0.5) is 5.95 Å². The van der Waals surface area contributed by atoms with Gasteiger partial charge in [-0.05, 0) is 18.2 Å². The summed E-state index contributed by atoms with van der Waals surface area (Å²) in [5, 5.41) is 2.62. The standard InChI is InChI=1S/C12H12N4O/c1-2-11(17)16-12-14-7-5-10(15-12)9-4-3-6-13-8-9/h3-8H,2H2,1H3,(H,14,15,16,17). The van der Waals surface area contributed by atoms with Crippen LogP contribution in [-0.4, -0.2) is 20.9 Å². The quantitative estimate of drug-likeness (QED) is 0.871. The van der Waals surface area contributed by atoms with E-state index in [2.05, 4.69) is 20.3 Å². The normalized spacial score (nSPS) is 9.94. The molecule has 0 aliphatic rings. The molecule has 2 aromatic heterocycles. The number of hydrogen-bond donors (Lipinski definition) is 1. The molecule has 1 amide bonds. The molecule has 0 radical (unpaired) electrons. The lowest BCUT2D eigenvalue weighted by atomic mass is 10.2. The Bertz CT molecular complexity index is 513. The van der Waals surface area contributed by atoms with E-state index in [-0.39, 0.29) is 5.91 Å². The molecule has 0 aliphatic carbocycles. The second-order valence-corrected chi connectivity index (χ2v) is 3.41. The highest BCUT2D eigenvalue weighted by atomic mass is 16.1. The zero-order valence-corrected chi connectivity index (χ0v) is 9.42. The number of nitrogens with one attached hydrogen (secondary N) is 1. The topological polar surface area (TPSA) is 67.8 Å². The van der Waals surface area contributed by atoms with Gasteiger partial charge in [-0.3, -0.25) is 15.1 Å². The van der Waals surface area contributed by atoms with Crippen molar-refractivity contribution in [1.29, 1.82) is 0 Å². The van der Waals surface area contributed by atoms with Crippen LogP contribution in [0, 0.1) is 0 Å². The third-order valence-corrected chi connectivity index (χ3v) is 2.19. The Morgan fingerprint density at radius 3 is 2.94 bits per heavy atom. The highest BCUT2D eigenvalue weighted by Gasteiger charge is 2.04. The summed E-state index contributed by atoms with van der Waals surface area (Å²) in [5.74, 6) is 0.214. The number of anilines is 1. The van der Waals surface area contributed by atoms with Gasteiger partial charge < -0.3 is 0 Å². The summed E-state index contributed by atoms with van der Waals surface area (Å²) in [6, 6.07) is 5.51. The van der Waals surface area contributed by atoms with Crippen LogP contribution in [0.5, 0.6) is 0 Å². The van der Waals surface area contributed by atoms with Crippen LogP contribution in [0.15, 0.2) is 36.8 Å². The van der Waals surface area contributed by atoms with Crippen LogP contribution in [0.2, 0.25) is 0 Å². The Balaban J connectivity index is 2.26. The predicted octanol–water partition coefficient (Wildman–Crippen LogP) is 1.89. The maximum atomic E-state index is 11.2. The fourth-order valence-electron chi connectivity index (χ4n) is 1.31. The molecule has 0 atom stereocenters. The number of hydrogen-bond acceptors (Lipinski definition) is 4. The van der Waals surface area contributed by atoms with Crippen molar-refractivity contribution in [3.8, 4) is 11.3 Å². The number of rotatable bonds is 3. The summed E-state index contributed by atoms with van der Waals surface area (Å²) in [7, 11) is 0. The maximum Gasteiger partial charge on any atom is 0.229 e. The average Bonchev–Trinajstić information content (AvgIpc) is 2.40. The second kappa shape index (κ2) is 5.16. The molecule has 0 saturated heterocycles. The zero-order valence-electron chi connectivity index (χ0n) is 9.42. The van der Waals surface area contributed by atoms with Crippen molar-refractivity contribution in [1.82, 2.24) is 15.0 Å². The molecule has 17 heavy (non-hydrogen) atoms. The smallest absolute Gasteiger partial charge is 0.229 e. The van der Waals surface area contributed by atoms with E-state index in [9.17, 15) is 4.79 Å². The minimum absolute atomic E-state index is 0.103. The molecule has 5 nitrogen and oxygen atoms in total. The molecule has 0 saturated carbocycles. The van der Waals surface area contributed by atoms with Crippen LogP contribution >= 0.6 is 0 Å². The lowest BCUT2D eigenvalue weighted by molar-refractivity contribution is -0.115. The van der Waals surface area contributed by atoms with Gasteiger partial charge in [0.05, 0.1) is 5.69 Å².